The number of rotatable bonds is 1. The summed E-state index contributed by atoms with van der Waals surface area (Å²) < 4.78 is 0. The number of amides is 1. The van der Waals surface area contributed by atoms with Gasteiger partial charge >= 0.3 is 0 Å². The third-order valence-corrected chi connectivity index (χ3v) is 3.78. The fourth-order valence-electron chi connectivity index (χ4n) is 2.70. The van der Waals surface area contributed by atoms with E-state index in [1.165, 1.54) is 0 Å². The van der Waals surface area contributed by atoms with E-state index in [4.69, 9.17) is 0 Å². The molecule has 0 spiro atoms. The van der Waals surface area contributed by atoms with E-state index < -0.39 is 0 Å². The molecule has 1 aromatic rings. The van der Waals surface area contributed by atoms with Crippen LogP contribution in [0.1, 0.15) is 15.9 Å². The lowest BCUT2D eigenvalue weighted by Crippen LogP contribution is -2.39. The molecule has 4 nitrogen and oxygen atoms in total. The van der Waals surface area contributed by atoms with Crippen LogP contribution in [-0.2, 0) is 4.79 Å². The number of Topliss-reactive ketones (excluding diaryl/α,β-unsaturated/α-hetero) is 1. The summed E-state index contributed by atoms with van der Waals surface area (Å²) >= 11 is 0. The lowest BCUT2D eigenvalue weighted by Gasteiger charge is -2.32. The largest absolute Gasteiger partial charge is 0.377 e. The number of anilines is 1. The summed E-state index contributed by atoms with van der Waals surface area (Å²) in [6.07, 6.45) is 5.36. The number of carbonyl (C=O) groups is 2. The molecule has 3 rings (SSSR count). The Morgan fingerprint density at radius 3 is 2.90 bits per heavy atom. The third kappa shape index (κ3) is 1.93. The average Bonchev–Trinajstić information content (AvgIpc) is 2.47. The van der Waals surface area contributed by atoms with Gasteiger partial charge in [0.25, 0.3) is 5.91 Å². The van der Waals surface area contributed by atoms with Crippen molar-refractivity contribution in [3.63, 3.8) is 0 Å². The summed E-state index contributed by atoms with van der Waals surface area (Å²) in [5.74, 6) is -0.266. The van der Waals surface area contributed by atoms with Gasteiger partial charge < -0.3 is 10.6 Å². The fourth-order valence-corrected chi connectivity index (χ4v) is 2.70. The number of aryl methyl sites for hydroxylation is 1. The monoisotopic (exact) mass is 268 g/mol. The van der Waals surface area contributed by atoms with Gasteiger partial charge in [-0.05, 0) is 25.1 Å². The van der Waals surface area contributed by atoms with Gasteiger partial charge in [0.2, 0.25) is 0 Å². The van der Waals surface area contributed by atoms with Gasteiger partial charge in [-0.2, -0.15) is 0 Å². The van der Waals surface area contributed by atoms with Gasteiger partial charge in [0.05, 0.1) is 12.0 Å². The predicted octanol–water partition coefficient (Wildman–Crippen LogP) is 1.83. The van der Waals surface area contributed by atoms with Crippen molar-refractivity contribution in [2.24, 2.45) is 5.92 Å². The molecule has 1 amide bonds. The standard InChI is InChI=1S/C16H16N2O2/c1-9-3-6-13-12(7-9)15(19)11-5-4-10(16(20)17-2)8-14(11)18-13/h3-8,11,14,18H,1-2H3,(H,17,20). The Kier molecular flexibility index (Phi) is 2.93. The third-order valence-electron chi connectivity index (χ3n) is 3.78. The summed E-state index contributed by atoms with van der Waals surface area (Å²) in [5.41, 5.74) is 3.22. The van der Waals surface area contributed by atoms with Gasteiger partial charge in [0.15, 0.2) is 5.78 Å². The summed E-state index contributed by atoms with van der Waals surface area (Å²) in [7, 11) is 1.60. The van der Waals surface area contributed by atoms with E-state index in [-0.39, 0.29) is 23.7 Å². The van der Waals surface area contributed by atoms with Gasteiger partial charge in [0, 0.05) is 23.9 Å². The molecular formula is C16H16N2O2. The molecule has 2 atom stereocenters. The molecule has 2 unspecified atom stereocenters. The molecule has 0 bridgehead atoms. The molecule has 0 saturated carbocycles. The van der Waals surface area contributed by atoms with Gasteiger partial charge in [-0.25, -0.2) is 0 Å². The molecule has 0 aromatic heterocycles. The molecule has 1 aliphatic carbocycles. The van der Waals surface area contributed by atoms with Crippen LogP contribution in [0.2, 0.25) is 0 Å². The summed E-state index contributed by atoms with van der Waals surface area (Å²) in [6, 6.07) is 5.65. The summed E-state index contributed by atoms with van der Waals surface area (Å²) in [5, 5.41) is 5.93. The van der Waals surface area contributed by atoms with Crippen molar-refractivity contribution in [3.8, 4) is 0 Å². The Morgan fingerprint density at radius 2 is 2.15 bits per heavy atom. The van der Waals surface area contributed by atoms with Gasteiger partial charge in [0.1, 0.15) is 0 Å². The second kappa shape index (κ2) is 4.63. The number of hydrogen-bond donors (Lipinski definition) is 2. The second-order valence-electron chi connectivity index (χ2n) is 5.17. The Hall–Kier alpha value is -2.36. The van der Waals surface area contributed by atoms with Crippen LogP contribution in [0, 0.1) is 12.8 Å². The van der Waals surface area contributed by atoms with E-state index in [0.717, 1.165) is 16.8 Å². The van der Waals surface area contributed by atoms with Crippen molar-refractivity contribution >= 4 is 17.4 Å². The maximum absolute atomic E-state index is 12.5. The minimum absolute atomic E-state index is 0.107. The van der Waals surface area contributed by atoms with Crippen LogP contribution >= 0.6 is 0 Å². The molecule has 1 aromatic carbocycles. The summed E-state index contributed by atoms with van der Waals surface area (Å²) in [4.78, 5) is 24.2. The number of nitrogens with one attached hydrogen (secondary N) is 2. The molecular weight excluding hydrogens is 252 g/mol. The minimum Gasteiger partial charge on any atom is -0.377 e. The highest BCUT2D eigenvalue weighted by molar-refractivity contribution is 6.07. The number of carbonyl (C=O) groups excluding carboxylic acids is 2. The first-order valence-electron chi connectivity index (χ1n) is 6.63. The fraction of sp³-hybridized carbons (Fsp3) is 0.250. The Labute approximate surface area is 117 Å². The lowest BCUT2D eigenvalue weighted by atomic mass is 9.81. The molecule has 20 heavy (non-hydrogen) atoms. The number of ketones is 1. The zero-order chi connectivity index (χ0) is 14.3. The normalized spacial score (nSPS) is 23.3. The molecule has 1 heterocycles. The predicted molar refractivity (Wildman–Crippen MR) is 77.7 cm³/mol. The Morgan fingerprint density at radius 1 is 1.35 bits per heavy atom. The van der Waals surface area contributed by atoms with Crippen LogP contribution in [0.25, 0.3) is 0 Å². The molecule has 102 valence electrons. The van der Waals surface area contributed by atoms with Crippen LogP contribution in [0.15, 0.2) is 42.0 Å². The lowest BCUT2D eigenvalue weighted by molar-refractivity contribution is -0.116. The number of benzene rings is 1. The zero-order valence-corrected chi connectivity index (χ0v) is 11.4. The smallest absolute Gasteiger partial charge is 0.250 e. The maximum Gasteiger partial charge on any atom is 0.250 e. The van der Waals surface area contributed by atoms with Crippen molar-refractivity contribution in [1.82, 2.24) is 5.32 Å². The molecule has 2 N–H and O–H groups in total. The first-order chi connectivity index (χ1) is 9.60. The number of hydrogen-bond acceptors (Lipinski definition) is 3. The van der Waals surface area contributed by atoms with E-state index in [1.807, 2.05) is 37.3 Å². The van der Waals surface area contributed by atoms with Crippen LogP contribution in [0.4, 0.5) is 5.69 Å². The average molecular weight is 268 g/mol. The quantitative estimate of drug-likeness (QED) is 0.817. The minimum atomic E-state index is -0.238. The molecule has 2 aliphatic rings. The van der Waals surface area contributed by atoms with Crippen molar-refractivity contribution in [2.45, 2.75) is 13.0 Å². The Balaban J connectivity index is 1.99. The van der Waals surface area contributed by atoms with Gasteiger partial charge in [-0.15, -0.1) is 0 Å². The molecule has 0 fully saturated rings. The van der Waals surface area contributed by atoms with Crippen LogP contribution in [0.5, 0.6) is 0 Å². The van der Waals surface area contributed by atoms with Crippen molar-refractivity contribution in [1.29, 1.82) is 0 Å². The highest BCUT2D eigenvalue weighted by Crippen LogP contribution is 2.33. The number of likely N-dealkylation sites (N-methyl/N-ethyl adjacent to an activating group) is 1. The second-order valence-corrected chi connectivity index (χ2v) is 5.17. The number of fused-ring (bicyclic) bond motifs is 2. The van der Waals surface area contributed by atoms with Crippen molar-refractivity contribution < 1.29 is 9.59 Å². The zero-order valence-electron chi connectivity index (χ0n) is 11.4. The van der Waals surface area contributed by atoms with E-state index in [2.05, 4.69) is 10.6 Å². The topological polar surface area (TPSA) is 58.2 Å². The Bertz CT molecular complexity index is 658. The highest BCUT2D eigenvalue weighted by atomic mass is 16.1. The highest BCUT2D eigenvalue weighted by Gasteiger charge is 2.34. The van der Waals surface area contributed by atoms with Crippen molar-refractivity contribution in [2.75, 3.05) is 12.4 Å². The van der Waals surface area contributed by atoms with E-state index in [9.17, 15) is 9.59 Å². The van der Waals surface area contributed by atoms with Crippen molar-refractivity contribution in [3.05, 3.63) is 53.1 Å². The first-order valence-corrected chi connectivity index (χ1v) is 6.63. The maximum atomic E-state index is 12.5. The first kappa shape index (κ1) is 12.7. The SMILES string of the molecule is CNC(=O)C1=CC2Nc3ccc(C)cc3C(=O)C2C=C1. The van der Waals surface area contributed by atoms with Gasteiger partial charge in [-0.3, -0.25) is 9.59 Å². The van der Waals surface area contributed by atoms with E-state index in [1.54, 1.807) is 13.1 Å². The van der Waals surface area contributed by atoms with Crippen LogP contribution < -0.4 is 10.6 Å². The van der Waals surface area contributed by atoms with E-state index >= 15 is 0 Å². The molecule has 4 heteroatoms. The van der Waals surface area contributed by atoms with Crippen LogP contribution in [0.3, 0.4) is 0 Å². The van der Waals surface area contributed by atoms with Gasteiger partial charge in [-0.1, -0.05) is 23.8 Å². The summed E-state index contributed by atoms with van der Waals surface area (Å²) in [6.45, 7) is 1.97. The molecule has 1 aliphatic heterocycles. The van der Waals surface area contributed by atoms with Crippen LogP contribution in [-0.4, -0.2) is 24.8 Å². The molecule has 0 radical (unpaired) electrons. The van der Waals surface area contributed by atoms with E-state index in [0.29, 0.717) is 5.57 Å². The molecule has 0 saturated heterocycles.